The van der Waals surface area contributed by atoms with E-state index >= 15 is 0 Å². The van der Waals surface area contributed by atoms with Crippen LogP contribution < -0.4 is 14.3 Å². The predicted octanol–water partition coefficient (Wildman–Crippen LogP) is 3.22. The van der Waals surface area contributed by atoms with Gasteiger partial charge in [-0.15, -0.1) is 0 Å². The SMILES string of the molecule is CCOCCn1c(=NC(=O)Cc2ccc(S(=O)(=O)CC)cc2)sc2c(OC)ccc(OC)c21. The minimum Gasteiger partial charge on any atom is -0.495 e. The first-order chi connectivity index (χ1) is 15.8. The lowest BCUT2D eigenvalue weighted by atomic mass is 10.1. The molecule has 10 heteroatoms. The quantitative estimate of drug-likeness (QED) is 0.403. The van der Waals surface area contributed by atoms with Gasteiger partial charge in [-0.2, -0.15) is 4.99 Å². The number of aromatic nitrogens is 1. The fourth-order valence-corrected chi connectivity index (χ4v) is 5.42. The van der Waals surface area contributed by atoms with Crippen molar-refractivity contribution in [3.8, 4) is 11.5 Å². The summed E-state index contributed by atoms with van der Waals surface area (Å²) in [5, 5.41) is 0. The van der Waals surface area contributed by atoms with Crippen molar-refractivity contribution in [2.24, 2.45) is 4.99 Å². The molecule has 0 radical (unpaired) electrons. The van der Waals surface area contributed by atoms with Crippen LogP contribution in [0.2, 0.25) is 0 Å². The zero-order chi connectivity index (χ0) is 24.0. The molecule has 0 unspecified atom stereocenters. The molecule has 0 N–H and O–H groups in total. The molecule has 0 aliphatic heterocycles. The summed E-state index contributed by atoms with van der Waals surface area (Å²) < 4.78 is 43.3. The van der Waals surface area contributed by atoms with Gasteiger partial charge in [0.25, 0.3) is 5.91 Å². The topological polar surface area (TPSA) is 96.2 Å². The van der Waals surface area contributed by atoms with Crippen LogP contribution in [0.15, 0.2) is 46.3 Å². The Morgan fingerprint density at radius 3 is 2.30 bits per heavy atom. The monoisotopic (exact) mass is 492 g/mol. The van der Waals surface area contributed by atoms with Crippen LogP contribution in [0.4, 0.5) is 0 Å². The van der Waals surface area contributed by atoms with Gasteiger partial charge in [-0.05, 0) is 36.8 Å². The molecule has 3 rings (SSSR count). The molecular formula is C23H28N2O6S2. The summed E-state index contributed by atoms with van der Waals surface area (Å²) in [6.45, 7) is 5.05. The van der Waals surface area contributed by atoms with Gasteiger partial charge in [0.1, 0.15) is 21.7 Å². The van der Waals surface area contributed by atoms with E-state index in [9.17, 15) is 13.2 Å². The van der Waals surface area contributed by atoms with Gasteiger partial charge < -0.3 is 18.8 Å². The minimum absolute atomic E-state index is 0.0290. The number of thiazole rings is 1. The van der Waals surface area contributed by atoms with E-state index in [4.69, 9.17) is 14.2 Å². The smallest absolute Gasteiger partial charge is 0.252 e. The summed E-state index contributed by atoms with van der Waals surface area (Å²) in [5.74, 6) is 1.01. The number of carbonyl (C=O) groups is 1. The van der Waals surface area contributed by atoms with Gasteiger partial charge in [0.2, 0.25) is 0 Å². The third-order valence-electron chi connectivity index (χ3n) is 5.09. The zero-order valence-electron chi connectivity index (χ0n) is 19.2. The summed E-state index contributed by atoms with van der Waals surface area (Å²) in [7, 11) is -0.0959. The molecular weight excluding hydrogens is 464 g/mol. The molecule has 0 bridgehead atoms. The number of rotatable bonds is 10. The summed E-state index contributed by atoms with van der Waals surface area (Å²) in [6, 6.07) is 9.99. The maximum Gasteiger partial charge on any atom is 0.252 e. The number of nitrogens with zero attached hydrogens (tertiary/aromatic N) is 2. The van der Waals surface area contributed by atoms with Crippen LogP contribution in [-0.2, 0) is 32.3 Å². The van der Waals surface area contributed by atoms with E-state index in [2.05, 4.69) is 4.99 Å². The first-order valence-electron chi connectivity index (χ1n) is 10.6. The molecule has 0 fully saturated rings. The van der Waals surface area contributed by atoms with Crippen LogP contribution in [0.25, 0.3) is 10.2 Å². The van der Waals surface area contributed by atoms with Crippen LogP contribution in [0.5, 0.6) is 11.5 Å². The fraction of sp³-hybridized carbons (Fsp3) is 0.391. The molecule has 0 aliphatic rings. The van der Waals surface area contributed by atoms with Crippen molar-refractivity contribution in [1.82, 2.24) is 4.57 Å². The molecule has 0 atom stereocenters. The maximum atomic E-state index is 12.8. The van der Waals surface area contributed by atoms with E-state index in [0.29, 0.717) is 41.6 Å². The molecule has 3 aromatic rings. The van der Waals surface area contributed by atoms with Gasteiger partial charge in [-0.25, -0.2) is 8.42 Å². The molecule has 33 heavy (non-hydrogen) atoms. The molecule has 0 saturated carbocycles. The number of benzene rings is 2. The Kier molecular flexibility index (Phi) is 8.28. The molecule has 8 nitrogen and oxygen atoms in total. The summed E-state index contributed by atoms with van der Waals surface area (Å²) in [6.07, 6.45) is 0.0560. The first-order valence-corrected chi connectivity index (χ1v) is 13.0. The Morgan fingerprint density at radius 1 is 1.03 bits per heavy atom. The summed E-state index contributed by atoms with van der Waals surface area (Å²) >= 11 is 1.35. The van der Waals surface area contributed by atoms with Gasteiger partial charge in [-0.3, -0.25) is 4.79 Å². The van der Waals surface area contributed by atoms with E-state index in [1.165, 1.54) is 23.5 Å². The predicted molar refractivity (Wildman–Crippen MR) is 128 cm³/mol. The van der Waals surface area contributed by atoms with Crippen LogP contribution in [0.1, 0.15) is 19.4 Å². The number of methoxy groups -OCH3 is 2. The van der Waals surface area contributed by atoms with E-state index in [1.54, 1.807) is 33.3 Å². The van der Waals surface area contributed by atoms with Crippen molar-refractivity contribution >= 4 is 37.3 Å². The Hall–Kier alpha value is -2.69. The average molecular weight is 493 g/mol. The van der Waals surface area contributed by atoms with Gasteiger partial charge in [0, 0.05) is 13.2 Å². The number of hydrogen-bond donors (Lipinski definition) is 0. The molecule has 178 valence electrons. The Balaban J connectivity index is 1.99. The van der Waals surface area contributed by atoms with Gasteiger partial charge in [-0.1, -0.05) is 30.4 Å². The van der Waals surface area contributed by atoms with Crippen LogP contribution in [0, 0.1) is 0 Å². The number of carbonyl (C=O) groups excluding carboxylic acids is 1. The van der Waals surface area contributed by atoms with E-state index < -0.39 is 9.84 Å². The highest BCUT2D eigenvalue weighted by Gasteiger charge is 2.17. The van der Waals surface area contributed by atoms with Crippen molar-refractivity contribution in [3.05, 3.63) is 46.8 Å². The highest BCUT2D eigenvalue weighted by atomic mass is 32.2. The molecule has 2 aromatic carbocycles. The second kappa shape index (κ2) is 11.0. The largest absolute Gasteiger partial charge is 0.495 e. The number of hydrogen-bond acceptors (Lipinski definition) is 7. The standard InChI is InChI=1S/C23H28N2O6S2/c1-5-31-14-13-25-21-18(29-3)11-12-19(30-4)22(21)32-23(25)24-20(26)15-16-7-9-17(10-8-16)33(27,28)6-2/h7-12H,5-6,13-15H2,1-4H3. The van der Waals surface area contributed by atoms with Gasteiger partial charge in [0.05, 0.1) is 37.9 Å². The van der Waals surface area contributed by atoms with Crippen molar-refractivity contribution in [3.63, 3.8) is 0 Å². The Bertz CT molecular complexity index is 1290. The second-order valence-corrected chi connectivity index (χ2v) is 10.4. The molecule has 0 saturated heterocycles. The number of fused-ring (bicyclic) bond motifs is 1. The molecule has 1 heterocycles. The normalized spacial score (nSPS) is 12.3. The van der Waals surface area contributed by atoms with Crippen molar-refractivity contribution in [1.29, 1.82) is 0 Å². The number of sulfone groups is 1. The summed E-state index contributed by atoms with van der Waals surface area (Å²) in [5.41, 5.74) is 1.48. The third-order valence-corrected chi connectivity index (χ3v) is 7.94. The number of ether oxygens (including phenoxy) is 3. The minimum atomic E-state index is -3.28. The van der Waals surface area contributed by atoms with Crippen LogP contribution in [-0.4, -0.2) is 52.1 Å². The van der Waals surface area contributed by atoms with Gasteiger partial charge in [0.15, 0.2) is 14.6 Å². The number of amides is 1. The maximum absolute atomic E-state index is 12.8. The Labute approximate surface area is 197 Å². The molecule has 0 spiro atoms. The lowest BCUT2D eigenvalue weighted by Crippen LogP contribution is -2.20. The summed E-state index contributed by atoms with van der Waals surface area (Å²) in [4.78, 5) is 17.9. The first kappa shape index (κ1) is 24.9. The molecule has 1 aromatic heterocycles. The Morgan fingerprint density at radius 2 is 1.70 bits per heavy atom. The average Bonchev–Trinajstić information content (AvgIpc) is 3.16. The van der Waals surface area contributed by atoms with Gasteiger partial charge >= 0.3 is 0 Å². The van der Waals surface area contributed by atoms with E-state index in [1.807, 2.05) is 23.6 Å². The lowest BCUT2D eigenvalue weighted by molar-refractivity contribution is -0.117. The van der Waals surface area contributed by atoms with Crippen molar-refractivity contribution < 1.29 is 27.4 Å². The van der Waals surface area contributed by atoms with E-state index in [0.717, 1.165) is 10.2 Å². The highest BCUT2D eigenvalue weighted by molar-refractivity contribution is 7.91. The fourth-order valence-electron chi connectivity index (χ4n) is 3.35. The van der Waals surface area contributed by atoms with E-state index in [-0.39, 0.29) is 23.0 Å². The molecule has 1 amide bonds. The second-order valence-electron chi connectivity index (χ2n) is 7.11. The third kappa shape index (κ3) is 5.63. The van der Waals surface area contributed by atoms with Crippen LogP contribution in [0.3, 0.4) is 0 Å². The van der Waals surface area contributed by atoms with Crippen molar-refractivity contribution in [2.45, 2.75) is 31.7 Å². The van der Waals surface area contributed by atoms with Crippen molar-refractivity contribution in [2.75, 3.05) is 33.2 Å². The van der Waals surface area contributed by atoms with Crippen LogP contribution >= 0.6 is 11.3 Å². The highest BCUT2D eigenvalue weighted by Crippen LogP contribution is 2.35. The molecule has 0 aliphatic carbocycles. The lowest BCUT2D eigenvalue weighted by Gasteiger charge is -2.10. The zero-order valence-corrected chi connectivity index (χ0v) is 20.8.